The highest BCUT2D eigenvalue weighted by atomic mass is 16.5. The van der Waals surface area contributed by atoms with Gasteiger partial charge in [-0.2, -0.15) is 0 Å². The Morgan fingerprint density at radius 1 is 0.944 bits per heavy atom. The van der Waals surface area contributed by atoms with Gasteiger partial charge in [0.25, 0.3) is 11.8 Å². The van der Waals surface area contributed by atoms with Gasteiger partial charge in [-0.15, -0.1) is 0 Å². The van der Waals surface area contributed by atoms with E-state index in [2.05, 4.69) is 20.5 Å². The number of amides is 2. The second-order valence-corrected chi connectivity index (χ2v) is 9.54. The largest absolute Gasteiger partial charge is 0.379 e. The Kier molecular flexibility index (Phi) is 10.3. The smallest absolute Gasteiger partial charge is 0.258 e. The van der Waals surface area contributed by atoms with Gasteiger partial charge in [-0.3, -0.25) is 19.5 Å². The summed E-state index contributed by atoms with van der Waals surface area (Å²) in [7, 11) is 0. The van der Waals surface area contributed by atoms with Crippen LogP contribution in [0.5, 0.6) is 0 Å². The van der Waals surface area contributed by atoms with Crippen LogP contribution >= 0.6 is 0 Å². The van der Waals surface area contributed by atoms with E-state index < -0.39 is 0 Å². The van der Waals surface area contributed by atoms with E-state index in [0.717, 1.165) is 76.3 Å². The molecule has 0 bridgehead atoms. The molecule has 2 N–H and O–H groups in total. The second-order valence-electron chi connectivity index (χ2n) is 9.54. The lowest BCUT2D eigenvalue weighted by molar-refractivity contribution is 0.0374. The van der Waals surface area contributed by atoms with Gasteiger partial charge in [0.15, 0.2) is 0 Å². The Morgan fingerprint density at radius 2 is 1.72 bits per heavy atom. The molecule has 4 rings (SSSR count). The number of carbonyl (C=O) groups excluding carboxylic acids is 2. The number of hydrogen-bond donors (Lipinski definition) is 2. The molecule has 2 aliphatic rings. The summed E-state index contributed by atoms with van der Waals surface area (Å²) in [6.45, 7) is 7.29. The Morgan fingerprint density at radius 3 is 2.56 bits per heavy atom. The van der Waals surface area contributed by atoms with Gasteiger partial charge in [0, 0.05) is 61.9 Å². The number of fused-ring (bicyclic) bond motifs is 1. The maximum absolute atomic E-state index is 13.5. The van der Waals surface area contributed by atoms with Crippen molar-refractivity contribution in [3.63, 3.8) is 0 Å². The molecule has 194 valence electrons. The number of nitrogens with zero attached hydrogens (tertiary/aromatic N) is 3. The van der Waals surface area contributed by atoms with E-state index >= 15 is 0 Å². The molecular weight excluding hydrogens is 454 g/mol. The van der Waals surface area contributed by atoms with Gasteiger partial charge < -0.3 is 20.3 Å². The van der Waals surface area contributed by atoms with E-state index in [1.54, 1.807) is 24.5 Å². The molecule has 1 fully saturated rings. The lowest BCUT2D eigenvalue weighted by atomic mass is 10.0. The van der Waals surface area contributed by atoms with Gasteiger partial charge in [0.1, 0.15) is 0 Å². The van der Waals surface area contributed by atoms with E-state index in [4.69, 9.17) is 4.74 Å². The summed E-state index contributed by atoms with van der Waals surface area (Å²) in [5.41, 5.74) is 3.09. The standard InChI is InChI=1S/C28H39N5O3/c34-27(31-12-6-15-32-17-19-36-20-18-32)24-7-8-26-25(21-24)22-30-11-4-2-1-3-5-16-33(26)28(35)23-9-13-29-14-10-23/h7-10,13-14,21,30H,1-6,11-12,15-20,22H2,(H,31,34). The van der Waals surface area contributed by atoms with Crippen LogP contribution in [0.2, 0.25) is 0 Å². The van der Waals surface area contributed by atoms with Crippen LogP contribution < -0.4 is 15.5 Å². The van der Waals surface area contributed by atoms with Crippen molar-refractivity contribution >= 4 is 17.5 Å². The zero-order valence-electron chi connectivity index (χ0n) is 21.2. The molecule has 2 aromatic rings. The maximum Gasteiger partial charge on any atom is 0.258 e. The summed E-state index contributed by atoms with van der Waals surface area (Å²) in [5, 5.41) is 6.59. The highest BCUT2D eigenvalue weighted by Gasteiger charge is 2.22. The van der Waals surface area contributed by atoms with Crippen LogP contribution in [-0.4, -0.2) is 74.2 Å². The lowest BCUT2D eigenvalue weighted by Gasteiger charge is -2.27. The summed E-state index contributed by atoms with van der Waals surface area (Å²) < 4.78 is 5.40. The number of ether oxygens (including phenoxy) is 1. The fourth-order valence-electron chi connectivity index (χ4n) is 4.82. The first-order chi connectivity index (χ1) is 17.7. The van der Waals surface area contributed by atoms with Crippen LogP contribution in [0.4, 0.5) is 5.69 Å². The number of carbonyl (C=O) groups is 2. The lowest BCUT2D eigenvalue weighted by Crippen LogP contribution is -2.38. The average Bonchev–Trinajstić information content (AvgIpc) is 2.92. The monoisotopic (exact) mass is 493 g/mol. The molecule has 1 aromatic heterocycles. The minimum atomic E-state index is -0.0714. The molecule has 8 heteroatoms. The zero-order valence-corrected chi connectivity index (χ0v) is 21.2. The molecule has 0 unspecified atom stereocenters. The first kappa shape index (κ1) is 26.3. The number of benzene rings is 1. The van der Waals surface area contributed by atoms with Crippen LogP contribution in [0.25, 0.3) is 0 Å². The number of hydrogen-bond acceptors (Lipinski definition) is 6. The molecule has 0 saturated carbocycles. The molecule has 36 heavy (non-hydrogen) atoms. The second kappa shape index (κ2) is 14.1. The molecule has 0 spiro atoms. The van der Waals surface area contributed by atoms with Gasteiger partial charge in [-0.1, -0.05) is 19.3 Å². The third-order valence-corrected chi connectivity index (χ3v) is 6.90. The topological polar surface area (TPSA) is 86.8 Å². The number of anilines is 1. The van der Waals surface area contributed by atoms with Crippen molar-refractivity contribution < 1.29 is 14.3 Å². The Labute approximate surface area is 214 Å². The van der Waals surface area contributed by atoms with Crippen LogP contribution in [-0.2, 0) is 11.3 Å². The molecule has 0 radical (unpaired) electrons. The summed E-state index contributed by atoms with van der Waals surface area (Å²) in [4.78, 5) is 34.7. The van der Waals surface area contributed by atoms with E-state index in [9.17, 15) is 9.59 Å². The number of nitrogens with one attached hydrogen (secondary N) is 2. The third kappa shape index (κ3) is 7.59. The van der Waals surface area contributed by atoms with Gasteiger partial charge >= 0.3 is 0 Å². The van der Waals surface area contributed by atoms with Crippen LogP contribution in [0.3, 0.4) is 0 Å². The van der Waals surface area contributed by atoms with Gasteiger partial charge in [-0.05, 0) is 68.2 Å². The van der Waals surface area contributed by atoms with Crippen molar-refractivity contribution in [1.82, 2.24) is 20.5 Å². The number of rotatable bonds is 6. The number of pyridine rings is 1. The molecule has 1 aromatic carbocycles. The summed E-state index contributed by atoms with van der Waals surface area (Å²) in [6.07, 6.45) is 9.76. The van der Waals surface area contributed by atoms with Gasteiger partial charge in [0.05, 0.1) is 13.2 Å². The molecular formula is C28H39N5O3. The Hall–Kier alpha value is -2.81. The predicted molar refractivity (Wildman–Crippen MR) is 141 cm³/mol. The number of morpholine rings is 1. The molecule has 8 nitrogen and oxygen atoms in total. The number of aromatic nitrogens is 1. The summed E-state index contributed by atoms with van der Waals surface area (Å²) >= 11 is 0. The van der Waals surface area contributed by atoms with Gasteiger partial charge in [-0.25, -0.2) is 0 Å². The average molecular weight is 494 g/mol. The van der Waals surface area contributed by atoms with Crippen molar-refractivity contribution in [2.75, 3.05) is 57.4 Å². The fourth-order valence-corrected chi connectivity index (χ4v) is 4.82. The maximum atomic E-state index is 13.5. The minimum Gasteiger partial charge on any atom is -0.379 e. The fraction of sp³-hybridized carbons (Fsp3) is 0.536. The van der Waals surface area contributed by atoms with Crippen molar-refractivity contribution in [3.05, 3.63) is 59.4 Å². The molecule has 0 aliphatic carbocycles. The molecule has 0 atom stereocenters. The van der Waals surface area contributed by atoms with E-state index in [1.807, 2.05) is 23.1 Å². The SMILES string of the molecule is O=C(NCCCN1CCOCC1)c1ccc2c(c1)CNCCCCCCCN2C(=O)c1ccncc1. The highest BCUT2D eigenvalue weighted by Crippen LogP contribution is 2.26. The molecule has 2 aliphatic heterocycles. The highest BCUT2D eigenvalue weighted by molar-refractivity contribution is 6.06. The first-order valence-corrected chi connectivity index (χ1v) is 13.4. The quantitative estimate of drug-likeness (QED) is 0.601. The van der Waals surface area contributed by atoms with Gasteiger partial charge in [0.2, 0.25) is 0 Å². The van der Waals surface area contributed by atoms with Crippen LogP contribution in [0.1, 0.15) is 64.8 Å². The summed E-state index contributed by atoms with van der Waals surface area (Å²) in [6, 6.07) is 9.24. The van der Waals surface area contributed by atoms with Crippen molar-refractivity contribution in [1.29, 1.82) is 0 Å². The zero-order chi connectivity index (χ0) is 25.0. The van der Waals surface area contributed by atoms with Crippen molar-refractivity contribution in [3.8, 4) is 0 Å². The minimum absolute atomic E-state index is 0.0315. The van der Waals surface area contributed by atoms with Crippen LogP contribution in [0.15, 0.2) is 42.7 Å². The van der Waals surface area contributed by atoms with Crippen molar-refractivity contribution in [2.24, 2.45) is 0 Å². The Balaban J connectivity index is 1.47. The molecule has 1 saturated heterocycles. The van der Waals surface area contributed by atoms with E-state index in [-0.39, 0.29) is 11.8 Å². The van der Waals surface area contributed by atoms with Crippen LogP contribution in [0, 0.1) is 0 Å². The summed E-state index contributed by atoms with van der Waals surface area (Å²) in [5.74, 6) is -0.103. The molecule has 3 heterocycles. The third-order valence-electron chi connectivity index (χ3n) is 6.90. The van der Waals surface area contributed by atoms with Crippen molar-refractivity contribution in [2.45, 2.75) is 45.1 Å². The van der Waals surface area contributed by atoms with E-state index in [1.165, 1.54) is 12.8 Å². The Bertz CT molecular complexity index is 978. The first-order valence-electron chi connectivity index (χ1n) is 13.4. The predicted octanol–water partition coefficient (Wildman–Crippen LogP) is 3.23. The normalized spacial score (nSPS) is 17.9. The molecule has 2 amide bonds. The van der Waals surface area contributed by atoms with E-state index in [0.29, 0.717) is 30.8 Å².